The Kier molecular flexibility index (Phi) is 6.38. The summed E-state index contributed by atoms with van der Waals surface area (Å²) < 4.78 is 8.79. The first-order valence-electron chi connectivity index (χ1n) is 12.7. The van der Waals surface area contributed by atoms with E-state index < -0.39 is 0 Å². The molecule has 0 saturated carbocycles. The van der Waals surface area contributed by atoms with Crippen LogP contribution < -0.4 is 0 Å². The molecule has 0 aliphatic heterocycles. The Labute approximate surface area is 243 Å². The van der Waals surface area contributed by atoms with Crippen LogP contribution in [0.5, 0.6) is 0 Å². The predicted molar refractivity (Wildman–Crippen MR) is 158 cm³/mol. The Morgan fingerprint density at radius 1 is 0.850 bits per heavy atom. The summed E-state index contributed by atoms with van der Waals surface area (Å²) in [6.45, 7) is 2.85. The fraction of sp³-hybridized carbons (Fsp3) is 0.0588. The van der Waals surface area contributed by atoms with Crippen LogP contribution in [0.15, 0.2) is 107 Å². The van der Waals surface area contributed by atoms with Crippen molar-refractivity contribution in [2.75, 3.05) is 0 Å². The molecular weight excluding hydrogens is 677 g/mol. The first-order chi connectivity index (χ1) is 19.0. The summed E-state index contributed by atoms with van der Waals surface area (Å²) in [6, 6.07) is 33.0. The maximum absolute atomic E-state index is 10.0. The van der Waals surface area contributed by atoms with Gasteiger partial charge < -0.3 is 18.9 Å². The van der Waals surface area contributed by atoms with Crippen LogP contribution in [-0.4, -0.2) is 20.3 Å². The van der Waals surface area contributed by atoms with Gasteiger partial charge in [0.1, 0.15) is 5.58 Å². The van der Waals surface area contributed by atoms with Gasteiger partial charge in [-0.1, -0.05) is 60.0 Å². The Morgan fingerprint density at radius 2 is 1.55 bits per heavy atom. The minimum Gasteiger partial charge on any atom is -0.512 e. The summed E-state index contributed by atoms with van der Waals surface area (Å²) >= 11 is 0. The summed E-state index contributed by atoms with van der Waals surface area (Å²) in [5.41, 5.74) is 7.29. The second-order valence-corrected chi connectivity index (χ2v) is 9.73. The quantitative estimate of drug-likeness (QED) is 0.112. The van der Waals surface area contributed by atoms with Gasteiger partial charge in [0.05, 0.1) is 16.8 Å². The Hall–Kier alpha value is -4.51. The van der Waals surface area contributed by atoms with Crippen molar-refractivity contribution in [1.29, 1.82) is 0 Å². The number of pyridine rings is 1. The summed E-state index contributed by atoms with van der Waals surface area (Å²) in [5, 5.41) is 15.6. The maximum atomic E-state index is 10.0. The molecule has 1 N–H and O–H groups in total. The molecule has 0 amide bonds. The fourth-order valence-corrected chi connectivity index (χ4v) is 5.63. The van der Waals surface area contributed by atoms with Gasteiger partial charge in [-0.25, -0.2) is 0 Å². The van der Waals surface area contributed by atoms with E-state index in [0.29, 0.717) is 0 Å². The molecule has 40 heavy (non-hydrogen) atoms. The zero-order valence-electron chi connectivity index (χ0n) is 21.7. The van der Waals surface area contributed by atoms with Crippen molar-refractivity contribution in [2.24, 2.45) is 0 Å². The number of carbonyl (C=O) groups excluding carboxylic acids is 1. The van der Waals surface area contributed by atoms with Crippen LogP contribution >= 0.6 is 0 Å². The molecule has 4 heterocycles. The van der Waals surface area contributed by atoms with Crippen molar-refractivity contribution < 1.29 is 34.4 Å². The average Bonchev–Trinajstić information content (AvgIpc) is 3.59. The number of fused-ring (bicyclic) bond motifs is 10. The van der Waals surface area contributed by atoms with Crippen molar-refractivity contribution >= 4 is 65.8 Å². The van der Waals surface area contributed by atoms with E-state index in [4.69, 9.17) is 9.52 Å². The number of hydrogen-bond acceptors (Lipinski definition) is 4. The van der Waals surface area contributed by atoms with Crippen LogP contribution in [0.2, 0.25) is 0 Å². The second-order valence-electron chi connectivity index (χ2n) is 9.73. The maximum Gasteiger partial charge on any atom is 0.159 e. The Morgan fingerprint density at radius 3 is 2.27 bits per heavy atom. The third kappa shape index (κ3) is 3.96. The smallest absolute Gasteiger partial charge is 0.159 e. The standard InChI is InChI=1S/C29H15N2O.C5H8O2.Ir/c1-2-10-26-18(6-1)22-13-12-21-19-7-5-8-20-23-16-17(24-9-3-4-15-30-24)11-14-25(23)31(27(19)20)28(21)29(22)32-26;1-4(6)3-5(2)7;/h1-10,12-16H;3,6H,1-2H3;/q-1;;/b;4-3-;. The Bertz CT molecular complexity index is 2220. The number of aromatic nitrogens is 2. The van der Waals surface area contributed by atoms with Gasteiger partial charge in [0.25, 0.3) is 0 Å². The summed E-state index contributed by atoms with van der Waals surface area (Å²) in [5.74, 6) is -0.0625. The predicted octanol–water partition coefficient (Wildman–Crippen LogP) is 8.63. The van der Waals surface area contributed by atoms with Gasteiger partial charge in [-0.3, -0.25) is 4.79 Å². The van der Waals surface area contributed by atoms with E-state index in [0.717, 1.165) is 44.2 Å². The van der Waals surface area contributed by atoms with Crippen LogP contribution in [0.3, 0.4) is 0 Å². The number of allylic oxidation sites excluding steroid dienone is 2. The van der Waals surface area contributed by atoms with Gasteiger partial charge >= 0.3 is 0 Å². The number of rotatable bonds is 2. The molecule has 0 aliphatic carbocycles. The van der Waals surface area contributed by atoms with Gasteiger partial charge in [0.15, 0.2) is 11.4 Å². The van der Waals surface area contributed by atoms with Crippen LogP contribution in [0, 0.1) is 6.07 Å². The van der Waals surface area contributed by atoms with E-state index in [1.165, 1.54) is 47.0 Å². The molecule has 4 aromatic carbocycles. The van der Waals surface area contributed by atoms with E-state index >= 15 is 0 Å². The molecule has 197 valence electrons. The van der Waals surface area contributed by atoms with E-state index in [1.54, 1.807) is 0 Å². The van der Waals surface area contributed by atoms with Gasteiger partial charge in [-0.05, 0) is 48.6 Å². The number of benzene rings is 4. The molecule has 0 spiro atoms. The molecule has 5 nitrogen and oxygen atoms in total. The number of furan rings is 1. The molecule has 0 bridgehead atoms. The number of para-hydroxylation sites is 2. The molecule has 6 heteroatoms. The number of hydrogen-bond donors (Lipinski definition) is 1. The summed E-state index contributed by atoms with van der Waals surface area (Å²) in [7, 11) is 0. The van der Waals surface area contributed by atoms with Crippen LogP contribution in [0.1, 0.15) is 13.8 Å². The van der Waals surface area contributed by atoms with Crippen molar-refractivity contribution in [3.05, 3.63) is 109 Å². The number of carbonyl (C=O) groups is 1. The number of nitrogens with zero attached hydrogens (tertiary/aromatic N) is 2. The van der Waals surface area contributed by atoms with Crippen LogP contribution in [-0.2, 0) is 24.9 Å². The van der Waals surface area contributed by atoms with Gasteiger partial charge in [0.2, 0.25) is 0 Å². The molecule has 0 aliphatic rings. The van der Waals surface area contributed by atoms with Gasteiger partial charge in [-0.15, -0.1) is 23.8 Å². The second kappa shape index (κ2) is 9.91. The minimum atomic E-state index is -0.125. The third-order valence-corrected chi connectivity index (χ3v) is 7.11. The van der Waals surface area contributed by atoms with Crippen molar-refractivity contribution in [3.8, 4) is 11.3 Å². The third-order valence-electron chi connectivity index (χ3n) is 7.11. The summed E-state index contributed by atoms with van der Waals surface area (Å²) in [4.78, 5) is 14.5. The van der Waals surface area contributed by atoms with Gasteiger partial charge in [-0.2, -0.15) is 0 Å². The molecule has 0 unspecified atom stereocenters. The first-order valence-corrected chi connectivity index (χ1v) is 12.7. The SMILES string of the molecule is CC(=O)/C=C(/C)O.[Ir].[c-]1cc2c(cc1-c1ccccn1)c1cccc3c4ccc5c6ccccc6oc5c4n2c13. The molecule has 8 rings (SSSR count). The van der Waals surface area contributed by atoms with E-state index in [-0.39, 0.29) is 31.6 Å². The molecule has 0 atom stereocenters. The number of aliphatic hydroxyl groups is 1. The van der Waals surface area contributed by atoms with Crippen LogP contribution in [0.25, 0.3) is 71.3 Å². The molecule has 8 aromatic rings. The molecule has 0 fully saturated rings. The zero-order valence-corrected chi connectivity index (χ0v) is 24.1. The number of aliphatic hydroxyl groups excluding tert-OH is 1. The first kappa shape index (κ1) is 25.8. The monoisotopic (exact) mass is 700 g/mol. The number of ketones is 1. The fourth-order valence-electron chi connectivity index (χ4n) is 5.63. The normalized spacial score (nSPS) is 11.9. The molecule has 1 radical (unpaired) electrons. The molecular formula is C34H23IrN2O3-. The van der Waals surface area contributed by atoms with Crippen molar-refractivity contribution in [2.45, 2.75) is 13.8 Å². The van der Waals surface area contributed by atoms with Gasteiger partial charge in [0, 0.05) is 53.9 Å². The Balaban J connectivity index is 0.000000325. The van der Waals surface area contributed by atoms with Crippen molar-refractivity contribution in [3.63, 3.8) is 0 Å². The van der Waals surface area contributed by atoms with E-state index in [1.807, 2.05) is 36.5 Å². The largest absolute Gasteiger partial charge is 0.512 e. The molecule has 4 aromatic heterocycles. The van der Waals surface area contributed by atoms with Crippen molar-refractivity contribution in [1.82, 2.24) is 9.38 Å². The minimum absolute atomic E-state index is 0. The topological polar surface area (TPSA) is 67.7 Å². The van der Waals surface area contributed by atoms with Crippen LogP contribution in [0.4, 0.5) is 0 Å². The molecule has 0 saturated heterocycles. The van der Waals surface area contributed by atoms with E-state index in [2.05, 4.69) is 70.0 Å². The zero-order chi connectivity index (χ0) is 26.7. The van der Waals surface area contributed by atoms with E-state index in [9.17, 15) is 4.79 Å². The average molecular weight is 700 g/mol. The summed E-state index contributed by atoms with van der Waals surface area (Å²) in [6.07, 6.45) is 2.99.